The average Bonchev–Trinajstić information content (AvgIpc) is 3.11. The largest absolute Gasteiger partial charge is 0.478 e. The molecule has 3 heterocycles. The summed E-state index contributed by atoms with van der Waals surface area (Å²) in [4.78, 5) is 17.1. The van der Waals surface area contributed by atoms with Gasteiger partial charge in [-0.2, -0.15) is 10.2 Å². The van der Waals surface area contributed by atoms with E-state index in [4.69, 9.17) is 27.2 Å². The van der Waals surface area contributed by atoms with Crippen molar-refractivity contribution in [3.63, 3.8) is 0 Å². The maximum absolute atomic E-state index is 13.1. The maximum Gasteiger partial charge on any atom is 0.354 e. The van der Waals surface area contributed by atoms with Crippen LogP contribution in [0.15, 0.2) is 17.1 Å². The van der Waals surface area contributed by atoms with Gasteiger partial charge in [0, 0.05) is 19.4 Å². The van der Waals surface area contributed by atoms with Crippen LogP contribution in [-0.2, 0) is 28.2 Å². The molecular formula is C25H43N3O7Si2. The second-order valence-corrected chi connectivity index (χ2v) is 19.9. The molecule has 0 spiro atoms. The molecule has 10 nitrogen and oxygen atoms in total. The molecule has 0 aliphatic carbocycles. The summed E-state index contributed by atoms with van der Waals surface area (Å²) in [5, 5.41) is 10.5. The summed E-state index contributed by atoms with van der Waals surface area (Å²) in [5.41, 5.74) is -1.98. The molecule has 0 amide bonds. The number of ether oxygens (including phenoxy) is 3. The Balaban J connectivity index is 2.19. The van der Waals surface area contributed by atoms with E-state index in [0.29, 0.717) is 6.61 Å². The third-order valence-corrected chi connectivity index (χ3v) is 17.8. The van der Waals surface area contributed by atoms with E-state index in [-0.39, 0.29) is 34.7 Å². The monoisotopic (exact) mass is 553 g/mol. The van der Waals surface area contributed by atoms with Crippen LogP contribution < -0.4 is 10.4 Å². The summed E-state index contributed by atoms with van der Waals surface area (Å²) in [6, 6.07) is 3.76. The molecule has 0 bridgehead atoms. The van der Waals surface area contributed by atoms with Crippen molar-refractivity contribution in [1.82, 2.24) is 9.55 Å². The third kappa shape index (κ3) is 4.95. The zero-order valence-electron chi connectivity index (χ0n) is 23.8. The van der Waals surface area contributed by atoms with Crippen LogP contribution >= 0.6 is 0 Å². The lowest BCUT2D eigenvalue weighted by molar-refractivity contribution is -0.117. The van der Waals surface area contributed by atoms with E-state index >= 15 is 0 Å². The summed E-state index contributed by atoms with van der Waals surface area (Å²) in [6.45, 7) is 19.4. The average molecular weight is 554 g/mol. The number of nitrogens with zero attached hydrogens (tertiary/aromatic N) is 3. The van der Waals surface area contributed by atoms with Crippen molar-refractivity contribution < 1.29 is 27.2 Å². The van der Waals surface area contributed by atoms with E-state index < -0.39 is 46.8 Å². The smallest absolute Gasteiger partial charge is 0.354 e. The van der Waals surface area contributed by atoms with E-state index in [1.165, 1.54) is 23.9 Å². The molecule has 0 saturated carbocycles. The number of methoxy groups -OCH3 is 1. The van der Waals surface area contributed by atoms with Gasteiger partial charge in [-0.15, -0.1) is 0 Å². The fourth-order valence-electron chi connectivity index (χ4n) is 5.69. The molecule has 2 fully saturated rings. The van der Waals surface area contributed by atoms with Crippen LogP contribution in [0.3, 0.4) is 0 Å². The Morgan fingerprint density at radius 1 is 1.14 bits per heavy atom. The van der Waals surface area contributed by atoms with Crippen LogP contribution in [0.2, 0.25) is 22.2 Å². The van der Waals surface area contributed by atoms with Crippen molar-refractivity contribution in [1.29, 1.82) is 5.26 Å². The molecule has 2 saturated heterocycles. The molecule has 3 rings (SSSR count). The van der Waals surface area contributed by atoms with E-state index in [1.54, 1.807) is 6.92 Å². The third-order valence-electron chi connectivity index (χ3n) is 7.56. The number of rotatable bonds is 8. The Bertz CT molecular complexity index is 1030. The second kappa shape index (κ2) is 11.3. The molecule has 2 aliphatic heterocycles. The van der Waals surface area contributed by atoms with E-state index in [0.717, 1.165) is 0 Å². The lowest BCUT2D eigenvalue weighted by Crippen LogP contribution is -2.66. The Morgan fingerprint density at radius 2 is 1.73 bits per heavy atom. The lowest BCUT2D eigenvalue weighted by atomic mass is 10.0. The van der Waals surface area contributed by atoms with Gasteiger partial charge in [0.15, 0.2) is 0 Å². The molecular weight excluding hydrogens is 510 g/mol. The predicted molar refractivity (Wildman–Crippen MR) is 143 cm³/mol. The molecule has 2 aliphatic rings. The lowest BCUT2D eigenvalue weighted by Gasteiger charge is -2.51. The van der Waals surface area contributed by atoms with Gasteiger partial charge in [-0.25, -0.2) is 4.79 Å². The normalized spacial score (nSPS) is 29.3. The molecule has 1 aromatic heterocycles. The molecule has 4 atom stereocenters. The molecule has 208 valence electrons. The van der Waals surface area contributed by atoms with E-state index in [1.807, 2.05) is 0 Å². The molecule has 0 aromatic carbocycles. The first-order chi connectivity index (χ1) is 17.3. The van der Waals surface area contributed by atoms with Gasteiger partial charge in [0.2, 0.25) is 5.88 Å². The minimum absolute atomic E-state index is 0.0867. The van der Waals surface area contributed by atoms with Crippen LogP contribution in [0.1, 0.15) is 62.3 Å². The fraction of sp³-hybridized carbons (Fsp3) is 0.800. The molecule has 1 aromatic rings. The Kier molecular flexibility index (Phi) is 9.11. The second-order valence-electron chi connectivity index (χ2n) is 11.0. The van der Waals surface area contributed by atoms with Crippen LogP contribution in [0.5, 0.6) is 5.88 Å². The first-order valence-electron chi connectivity index (χ1n) is 13.2. The fourth-order valence-corrected chi connectivity index (χ4v) is 16.9. The van der Waals surface area contributed by atoms with E-state index in [9.17, 15) is 10.1 Å². The molecule has 0 N–H and O–H groups in total. The van der Waals surface area contributed by atoms with Crippen molar-refractivity contribution in [2.45, 2.75) is 109 Å². The van der Waals surface area contributed by atoms with Crippen LogP contribution in [0.25, 0.3) is 0 Å². The Labute approximate surface area is 222 Å². The summed E-state index contributed by atoms with van der Waals surface area (Å²) >= 11 is 0. The topological polar surface area (TPSA) is 114 Å². The summed E-state index contributed by atoms with van der Waals surface area (Å²) < 4.78 is 40.0. The molecule has 12 heteroatoms. The van der Waals surface area contributed by atoms with Crippen molar-refractivity contribution in [3.05, 3.63) is 22.7 Å². The maximum atomic E-state index is 13.1. The number of hydrogen-bond donors (Lipinski definition) is 0. The highest BCUT2D eigenvalue weighted by Gasteiger charge is 2.66. The zero-order chi connectivity index (χ0) is 27.8. The zero-order valence-corrected chi connectivity index (χ0v) is 25.8. The number of aromatic nitrogens is 2. The van der Waals surface area contributed by atoms with Gasteiger partial charge in [-0.05, 0) is 29.1 Å². The minimum atomic E-state index is -2.99. The van der Waals surface area contributed by atoms with Gasteiger partial charge in [-0.1, -0.05) is 55.4 Å². The SMILES string of the molecule is CCOc1ccn([C@]2(C#N)O[C@@H]3CO[Si](C(C)C)(C(C)C)O[Si](C(C)C)(C(C)C)O[C@H]3[C@H]2OC)c(=O)n1. The van der Waals surface area contributed by atoms with Crippen LogP contribution in [-0.4, -0.2) is 65.3 Å². The quantitative estimate of drug-likeness (QED) is 0.437. The predicted octanol–water partition coefficient (Wildman–Crippen LogP) is 4.19. The number of fused-ring (bicyclic) bond motifs is 1. The van der Waals surface area contributed by atoms with Gasteiger partial charge >= 0.3 is 22.8 Å². The van der Waals surface area contributed by atoms with Crippen molar-refractivity contribution in [3.8, 4) is 11.9 Å². The van der Waals surface area contributed by atoms with Crippen LogP contribution in [0.4, 0.5) is 0 Å². The first kappa shape index (κ1) is 30.0. The van der Waals surface area contributed by atoms with Gasteiger partial charge in [-0.3, -0.25) is 4.57 Å². The van der Waals surface area contributed by atoms with Gasteiger partial charge in [0.05, 0.1) is 13.2 Å². The highest BCUT2D eigenvalue weighted by atomic mass is 28.5. The highest BCUT2D eigenvalue weighted by molar-refractivity contribution is 6.84. The van der Waals surface area contributed by atoms with Crippen molar-refractivity contribution in [2.24, 2.45) is 0 Å². The van der Waals surface area contributed by atoms with Crippen LogP contribution in [0, 0.1) is 11.3 Å². The standard InChI is InChI=1S/C25H43N3O7Si2/c1-11-31-21-12-13-28(24(29)27-21)25(15-26)23(30-10)22-20(33-25)14-32-36(16(2)3,17(4)5)35-37(34-22,18(6)7)19(8)9/h12-13,16-20,22-23H,11,14H2,1-10H3/t20-,22-,23-,25-/m1/s1. The first-order valence-corrected chi connectivity index (χ1v) is 17.2. The Morgan fingerprint density at radius 3 is 2.19 bits per heavy atom. The Hall–Kier alpha value is -1.60. The summed E-state index contributed by atoms with van der Waals surface area (Å²) in [6.07, 6.45) is -0.807. The minimum Gasteiger partial charge on any atom is -0.478 e. The summed E-state index contributed by atoms with van der Waals surface area (Å²) in [5.74, 6) is 0.179. The number of nitriles is 1. The van der Waals surface area contributed by atoms with E-state index in [2.05, 4.69) is 66.4 Å². The molecule has 0 radical (unpaired) electrons. The van der Waals surface area contributed by atoms with Gasteiger partial charge < -0.3 is 27.2 Å². The summed E-state index contributed by atoms with van der Waals surface area (Å²) in [7, 11) is -4.30. The number of hydrogen-bond acceptors (Lipinski definition) is 9. The van der Waals surface area contributed by atoms with Gasteiger partial charge in [0.25, 0.3) is 5.72 Å². The van der Waals surface area contributed by atoms with Crippen molar-refractivity contribution >= 4 is 17.1 Å². The van der Waals surface area contributed by atoms with Gasteiger partial charge in [0.1, 0.15) is 24.4 Å². The van der Waals surface area contributed by atoms with Crippen molar-refractivity contribution in [2.75, 3.05) is 20.3 Å². The molecule has 0 unspecified atom stereocenters. The molecule has 37 heavy (non-hydrogen) atoms. The highest BCUT2D eigenvalue weighted by Crippen LogP contribution is 2.49.